The lowest BCUT2D eigenvalue weighted by atomic mass is 10.0. The molecule has 1 aromatic heterocycles. The third-order valence-electron chi connectivity index (χ3n) is 6.24. The van der Waals surface area contributed by atoms with Crippen LogP contribution < -0.4 is 5.32 Å². The van der Waals surface area contributed by atoms with Crippen LogP contribution in [0.1, 0.15) is 30.5 Å². The van der Waals surface area contributed by atoms with Gasteiger partial charge in [-0.15, -0.1) is 0 Å². The number of nitrogens with zero attached hydrogens (tertiary/aromatic N) is 3. The average Bonchev–Trinajstić information content (AvgIpc) is 2.85. The van der Waals surface area contributed by atoms with E-state index in [9.17, 15) is 13.2 Å². The van der Waals surface area contributed by atoms with Crippen molar-refractivity contribution in [3.63, 3.8) is 0 Å². The zero-order chi connectivity index (χ0) is 23.1. The molecule has 0 unspecified atom stereocenters. The van der Waals surface area contributed by atoms with Gasteiger partial charge in [0.25, 0.3) is 0 Å². The zero-order valence-electron chi connectivity index (χ0n) is 18.9. The fourth-order valence-electron chi connectivity index (χ4n) is 4.28. The summed E-state index contributed by atoms with van der Waals surface area (Å²) in [6.07, 6.45) is 4.67. The van der Waals surface area contributed by atoms with Crippen molar-refractivity contribution in [2.24, 2.45) is 0 Å². The number of carbonyl (C=O) groups is 1. The highest BCUT2D eigenvalue weighted by molar-refractivity contribution is 7.89. The largest absolute Gasteiger partial charge is 0.379 e. The van der Waals surface area contributed by atoms with Crippen molar-refractivity contribution in [2.45, 2.75) is 43.2 Å². The van der Waals surface area contributed by atoms with Crippen molar-refractivity contribution in [3.8, 4) is 0 Å². The first-order valence-corrected chi connectivity index (χ1v) is 13.0. The Hall–Kier alpha value is -2.33. The van der Waals surface area contributed by atoms with Gasteiger partial charge in [-0.2, -0.15) is 4.31 Å². The van der Waals surface area contributed by atoms with E-state index < -0.39 is 10.0 Å². The molecule has 0 radical (unpaired) electrons. The van der Waals surface area contributed by atoms with Gasteiger partial charge in [-0.05, 0) is 49.1 Å². The summed E-state index contributed by atoms with van der Waals surface area (Å²) < 4.78 is 32.1. The number of aromatic nitrogens is 1. The van der Waals surface area contributed by atoms with Gasteiger partial charge in [0.15, 0.2) is 0 Å². The van der Waals surface area contributed by atoms with E-state index in [2.05, 4.69) is 15.2 Å². The predicted octanol–water partition coefficient (Wildman–Crippen LogP) is 1.82. The van der Waals surface area contributed by atoms with Gasteiger partial charge in [-0.3, -0.25) is 14.7 Å². The summed E-state index contributed by atoms with van der Waals surface area (Å²) >= 11 is 0. The predicted molar refractivity (Wildman–Crippen MR) is 125 cm³/mol. The number of pyridine rings is 1. The molecule has 8 nitrogen and oxygen atoms in total. The summed E-state index contributed by atoms with van der Waals surface area (Å²) in [5.41, 5.74) is 2.03. The Balaban J connectivity index is 1.19. The summed E-state index contributed by atoms with van der Waals surface area (Å²) in [6, 6.07) is 13.0. The normalized spacial score (nSPS) is 18.8. The molecule has 2 aliphatic rings. The molecule has 178 valence electrons. The smallest absolute Gasteiger partial charge is 0.243 e. The maximum Gasteiger partial charge on any atom is 0.243 e. The quantitative estimate of drug-likeness (QED) is 0.630. The van der Waals surface area contributed by atoms with Crippen LogP contribution in [-0.4, -0.2) is 73.9 Å². The molecule has 3 heterocycles. The summed E-state index contributed by atoms with van der Waals surface area (Å²) in [4.78, 5) is 19.5. The van der Waals surface area contributed by atoms with E-state index in [1.54, 1.807) is 24.3 Å². The highest BCUT2D eigenvalue weighted by Gasteiger charge is 2.26. The van der Waals surface area contributed by atoms with Gasteiger partial charge in [0.1, 0.15) is 0 Å². The average molecular weight is 473 g/mol. The molecule has 1 amide bonds. The number of amides is 1. The molecule has 2 saturated heterocycles. The Morgan fingerprint density at radius 2 is 1.76 bits per heavy atom. The van der Waals surface area contributed by atoms with Gasteiger partial charge in [0.05, 0.1) is 23.8 Å². The van der Waals surface area contributed by atoms with Gasteiger partial charge in [-0.25, -0.2) is 8.42 Å². The number of carbonyl (C=O) groups excluding carboxylic acids is 1. The summed E-state index contributed by atoms with van der Waals surface area (Å²) in [5.74, 6) is 0.0446. The summed E-state index contributed by atoms with van der Waals surface area (Å²) in [6.45, 7) is 4.35. The Bertz CT molecular complexity index is 1000. The number of nitrogens with one attached hydrogen (secondary N) is 1. The number of sulfonamides is 1. The van der Waals surface area contributed by atoms with Gasteiger partial charge in [0.2, 0.25) is 15.9 Å². The molecular formula is C24H32N4O4S. The van der Waals surface area contributed by atoms with E-state index >= 15 is 0 Å². The van der Waals surface area contributed by atoms with Crippen LogP contribution in [0.4, 0.5) is 0 Å². The van der Waals surface area contributed by atoms with Crippen LogP contribution in [0, 0.1) is 0 Å². The van der Waals surface area contributed by atoms with Crippen molar-refractivity contribution in [1.82, 2.24) is 19.5 Å². The molecule has 1 aromatic carbocycles. The van der Waals surface area contributed by atoms with Crippen LogP contribution in [0.15, 0.2) is 53.6 Å². The topological polar surface area (TPSA) is 91.8 Å². The molecular weight excluding hydrogens is 440 g/mol. The van der Waals surface area contributed by atoms with E-state index in [1.807, 2.05) is 24.4 Å². The lowest BCUT2D eigenvalue weighted by Gasteiger charge is -2.32. The molecule has 2 aliphatic heterocycles. The highest BCUT2D eigenvalue weighted by Crippen LogP contribution is 2.18. The van der Waals surface area contributed by atoms with Crippen molar-refractivity contribution in [3.05, 3.63) is 59.9 Å². The molecule has 0 saturated carbocycles. The van der Waals surface area contributed by atoms with Crippen molar-refractivity contribution >= 4 is 15.9 Å². The number of ether oxygens (including phenoxy) is 1. The fraction of sp³-hybridized carbons (Fsp3) is 0.500. The Morgan fingerprint density at radius 1 is 1.03 bits per heavy atom. The molecule has 33 heavy (non-hydrogen) atoms. The van der Waals surface area contributed by atoms with Crippen LogP contribution >= 0.6 is 0 Å². The summed E-state index contributed by atoms with van der Waals surface area (Å²) in [7, 11) is -3.49. The first kappa shape index (κ1) is 23.8. The van der Waals surface area contributed by atoms with Crippen LogP contribution in [0.2, 0.25) is 0 Å². The minimum absolute atomic E-state index is 0.0446. The molecule has 0 bridgehead atoms. The first-order valence-electron chi connectivity index (χ1n) is 11.6. The number of rotatable bonds is 8. The number of hydrogen-bond acceptors (Lipinski definition) is 6. The van der Waals surface area contributed by atoms with E-state index in [0.29, 0.717) is 39.1 Å². The highest BCUT2D eigenvalue weighted by atomic mass is 32.2. The molecule has 2 fully saturated rings. The molecule has 1 N–H and O–H groups in total. The van der Waals surface area contributed by atoms with Crippen molar-refractivity contribution in [1.29, 1.82) is 0 Å². The third-order valence-corrected chi connectivity index (χ3v) is 8.15. The van der Waals surface area contributed by atoms with E-state index in [4.69, 9.17) is 4.74 Å². The Morgan fingerprint density at radius 3 is 2.42 bits per heavy atom. The molecule has 9 heteroatoms. The van der Waals surface area contributed by atoms with E-state index in [0.717, 1.165) is 43.7 Å². The summed E-state index contributed by atoms with van der Waals surface area (Å²) in [5, 5.41) is 3.16. The SMILES string of the molecule is O=C(CCc1ccc(S(=O)(=O)N2CCOCC2)cc1)NC1CCN(Cc2ccccn2)CC1. The van der Waals surface area contributed by atoms with Crippen LogP contribution in [0.3, 0.4) is 0 Å². The monoisotopic (exact) mass is 472 g/mol. The number of hydrogen-bond donors (Lipinski definition) is 1. The van der Waals surface area contributed by atoms with E-state index in [1.165, 1.54) is 4.31 Å². The second kappa shape index (κ2) is 11.2. The van der Waals surface area contributed by atoms with Crippen molar-refractivity contribution < 1.29 is 17.9 Å². The Kier molecular flexibility index (Phi) is 8.08. The number of morpholine rings is 1. The number of benzene rings is 1. The molecule has 4 rings (SSSR count). The standard InChI is InChI=1S/C24H32N4O4S/c29-24(26-21-10-13-27(14-11-21)19-22-3-1-2-12-25-22)9-6-20-4-7-23(8-5-20)33(30,31)28-15-17-32-18-16-28/h1-5,7-8,12,21H,6,9-11,13-19H2,(H,26,29). The molecule has 0 aliphatic carbocycles. The minimum Gasteiger partial charge on any atom is -0.379 e. The van der Waals surface area contributed by atoms with Crippen LogP contribution in [0.5, 0.6) is 0 Å². The van der Waals surface area contributed by atoms with Gasteiger partial charge < -0.3 is 10.1 Å². The van der Waals surface area contributed by atoms with Gasteiger partial charge in [0, 0.05) is 51.4 Å². The Labute approximate surface area is 196 Å². The second-order valence-electron chi connectivity index (χ2n) is 8.60. The molecule has 2 aromatic rings. The molecule has 0 atom stereocenters. The number of likely N-dealkylation sites (tertiary alicyclic amines) is 1. The number of aryl methyl sites for hydroxylation is 1. The maximum atomic E-state index is 12.7. The minimum atomic E-state index is -3.49. The molecule has 0 spiro atoms. The van der Waals surface area contributed by atoms with Gasteiger partial charge >= 0.3 is 0 Å². The van der Waals surface area contributed by atoms with Gasteiger partial charge in [-0.1, -0.05) is 18.2 Å². The third kappa shape index (κ3) is 6.60. The lowest BCUT2D eigenvalue weighted by Crippen LogP contribution is -2.44. The van der Waals surface area contributed by atoms with Crippen LogP contribution in [0.25, 0.3) is 0 Å². The number of piperidine rings is 1. The second-order valence-corrected chi connectivity index (χ2v) is 10.5. The van der Waals surface area contributed by atoms with E-state index in [-0.39, 0.29) is 16.8 Å². The maximum absolute atomic E-state index is 12.7. The van der Waals surface area contributed by atoms with Crippen molar-refractivity contribution in [2.75, 3.05) is 39.4 Å². The lowest BCUT2D eigenvalue weighted by molar-refractivity contribution is -0.122. The fourth-order valence-corrected chi connectivity index (χ4v) is 5.69. The first-order chi connectivity index (χ1) is 16.0. The van der Waals surface area contributed by atoms with Crippen LogP contribution in [-0.2, 0) is 32.5 Å². The zero-order valence-corrected chi connectivity index (χ0v) is 19.7.